The van der Waals surface area contributed by atoms with E-state index in [9.17, 15) is 0 Å². The molecule has 0 atom stereocenters. The number of unbranched alkanes of at least 4 members (excludes halogenated alkanes) is 5. The van der Waals surface area contributed by atoms with Gasteiger partial charge in [0.2, 0.25) is 0 Å². The summed E-state index contributed by atoms with van der Waals surface area (Å²) in [5, 5.41) is 0. The SMILES string of the molecule is CC=C(C)CCCCCCCC. The second-order valence-electron chi connectivity index (χ2n) is 3.65. The number of allylic oxidation sites excluding steroid dienone is 2. The van der Waals surface area contributed by atoms with Crippen molar-refractivity contribution in [3.8, 4) is 0 Å². The first kappa shape index (κ1) is 11.7. The maximum absolute atomic E-state index is 2.27. The van der Waals surface area contributed by atoms with Crippen LogP contribution in [0.3, 0.4) is 0 Å². The summed E-state index contributed by atoms with van der Waals surface area (Å²) in [5.74, 6) is 0. The lowest BCUT2D eigenvalue weighted by molar-refractivity contribution is 0.606. The number of hydrogen-bond donors (Lipinski definition) is 0. The fraction of sp³-hybridized carbons (Fsp3) is 0.833. The minimum Gasteiger partial charge on any atom is -0.0887 e. The van der Waals surface area contributed by atoms with Crippen LogP contribution < -0.4 is 0 Å². The lowest BCUT2D eigenvalue weighted by Gasteiger charge is -2.00. The minimum atomic E-state index is 1.31. The summed E-state index contributed by atoms with van der Waals surface area (Å²) in [5.41, 5.74) is 1.55. The molecule has 0 saturated heterocycles. The standard InChI is InChI=1S/C12H24/c1-4-6-7-8-9-10-11-12(3)5-2/h5H,4,6-11H2,1-3H3. The van der Waals surface area contributed by atoms with E-state index in [0.717, 1.165) is 0 Å². The second kappa shape index (κ2) is 8.83. The molecule has 0 N–H and O–H groups in total. The zero-order chi connectivity index (χ0) is 9.23. The van der Waals surface area contributed by atoms with E-state index in [4.69, 9.17) is 0 Å². The van der Waals surface area contributed by atoms with Gasteiger partial charge in [-0.1, -0.05) is 50.7 Å². The van der Waals surface area contributed by atoms with Crippen LogP contribution in [0.15, 0.2) is 11.6 Å². The molecule has 0 aliphatic carbocycles. The monoisotopic (exact) mass is 168 g/mol. The van der Waals surface area contributed by atoms with E-state index in [1.165, 1.54) is 44.9 Å². The van der Waals surface area contributed by atoms with Gasteiger partial charge in [-0.25, -0.2) is 0 Å². The molecule has 12 heavy (non-hydrogen) atoms. The summed E-state index contributed by atoms with van der Waals surface area (Å²) in [6.45, 7) is 6.63. The van der Waals surface area contributed by atoms with Gasteiger partial charge in [-0.05, 0) is 26.7 Å². The Hall–Kier alpha value is -0.260. The highest BCUT2D eigenvalue weighted by Crippen LogP contribution is 2.10. The van der Waals surface area contributed by atoms with E-state index in [-0.39, 0.29) is 0 Å². The first-order chi connectivity index (χ1) is 5.81. The predicted octanol–water partition coefficient (Wildman–Crippen LogP) is 4.70. The Labute approximate surface area is 78.1 Å². The molecule has 0 nitrogen and oxygen atoms in total. The van der Waals surface area contributed by atoms with E-state index >= 15 is 0 Å². The Morgan fingerprint density at radius 2 is 1.58 bits per heavy atom. The van der Waals surface area contributed by atoms with Gasteiger partial charge in [-0.3, -0.25) is 0 Å². The fourth-order valence-electron chi connectivity index (χ4n) is 1.33. The van der Waals surface area contributed by atoms with Gasteiger partial charge in [0.1, 0.15) is 0 Å². The van der Waals surface area contributed by atoms with E-state index in [2.05, 4.69) is 26.8 Å². The van der Waals surface area contributed by atoms with Gasteiger partial charge in [0, 0.05) is 0 Å². The molecule has 0 rings (SSSR count). The van der Waals surface area contributed by atoms with E-state index in [1.54, 1.807) is 5.57 Å². The fourth-order valence-corrected chi connectivity index (χ4v) is 1.33. The zero-order valence-electron chi connectivity index (χ0n) is 9.03. The molecular weight excluding hydrogens is 144 g/mol. The van der Waals surface area contributed by atoms with Crippen molar-refractivity contribution in [3.63, 3.8) is 0 Å². The third-order valence-corrected chi connectivity index (χ3v) is 2.42. The molecule has 0 radical (unpaired) electrons. The molecule has 0 aromatic carbocycles. The van der Waals surface area contributed by atoms with Gasteiger partial charge in [-0.2, -0.15) is 0 Å². The maximum Gasteiger partial charge on any atom is -0.0323 e. The van der Waals surface area contributed by atoms with Crippen LogP contribution in [-0.4, -0.2) is 0 Å². The smallest absolute Gasteiger partial charge is 0.0323 e. The largest absolute Gasteiger partial charge is 0.0887 e. The molecule has 0 aromatic rings. The van der Waals surface area contributed by atoms with Crippen molar-refractivity contribution >= 4 is 0 Å². The van der Waals surface area contributed by atoms with E-state index < -0.39 is 0 Å². The normalized spacial score (nSPS) is 12.1. The maximum atomic E-state index is 2.27. The molecule has 0 aliphatic rings. The van der Waals surface area contributed by atoms with Crippen molar-refractivity contribution in [2.75, 3.05) is 0 Å². The third kappa shape index (κ3) is 7.84. The second-order valence-corrected chi connectivity index (χ2v) is 3.65. The van der Waals surface area contributed by atoms with Crippen LogP contribution >= 0.6 is 0 Å². The molecule has 0 saturated carbocycles. The molecule has 72 valence electrons. The molecule has 0 fully saturated rings. The minimum absolute atomic E-state index is 1.31. The lowest BCUT2D eigenvalue weighted by atomic mass is 10.1. The highest BCUT2D eigenvalue weighted by Gasteiger charge is 1.90. The van der Waals surface area contributed by atoms with Crippen LogP contribution in [0.2, 0.25) is 0 Å². The summed E-state index contributed by atoms with van der Waals surface area (Å²) >= 11 is 0. The van der Waals surface area contributed by atoms with Crippen LogP contribution in [-0.2, 0) is 0 Å². The molecule has 0 aliphatic heterocycles. The highest BCUT2D eigenvalue weighted by atomic mass is 14.0. The molecule has 0 bridgehead atoms. The average molecular weight is 168 g/mol. The summed E-state index contributed by atoms with van der Waals surface area (Å²) in [4.78, 5) is 0. The van der Waals surface area contributed by atoms with E-state index in [0.29, 0.717) is 0 Å². The summed E-state index contributed by atoms with van der Waals surface area (Å²) < 4.78 is 0. The molecule has 0 spiro atoms. The van der Waals surface area contributed by atoms with Crippen LogP contribution in [0, 0.1) is 0 Å². The van der Waals surface area contributed by atoms with Crippen LogP contribution in [0.25, 0.3) is 0 Å². The Morgan fingerprint density at radius 1 is 1.00 bits per heavy atom. The van der Waals surface area contributed by atoms with Gasteiger partial charge in [0.05, 0.1) is 0 Å². The Balaban J connectivity index is 3.00. The van der Waals surface area contributed by atoms with Crippen molar-refractivity contribution in [2.24, 2.45) is 0 Å². The molecule has 0 aromatic heterocycles. The van der Waals surface area contributed by atoms with Crippen molar-refractivity contribution < 1.29 is 0 Å². The van der Waals surface area contributed by atoms with Crippen molar-refractivity contribution in [1.82, 2.24) is 0 Å². The van der Waals surface area contributed by atoms with E-state index in [1.807, 2.05) is 0 Å². The number of hydrogen-bond acceptors (Lipinski definition) is 0. The Morgan fingerprint density at radius 3 is 2.17 bits per heavy atom. The van der Waals surface area contributed by atoms with Crippen LogP contribution in [0.5, 0.6) is 0 Å². The molecule has 0 amide bonds. The topological polar surface area (TPSA) is 0 Å². The first-order valence-electron chi connectivity index (χ1n) is 5.43. The van der Waals surface area contributed by atoms with Crippen molar-refractivity contribution in [2.45, 2.75) is 65.7 Å². The zero-order valence-corrected chi connectivity index (χ0v) is 9.03. The van der Waals surface area contributed by atoms with Gasteiger partial charge in [-0.15, -0.1) is 0 Å². The predicted molar refractivity (Wildman–Crippen MR) is 57.4 cm³/mol. The Kier molecular flexibility index (Phi) is 8.64. The van der Waals surface area contributed by atoms with Crippen molar-refractivity contribution in [3.05, 3.63) is 11.6 Å². The molecule has 0 unspecified atom stereocenters. The lowest BCUT2D eigenvalue weighted by Crippen LogP contribution is -1.80. The van der Waals surface area contributed by atoms with Crippen LogP contribution in [0.1, 0.15) is 65.7 Å². The first-order valence-corrected chi connectivity index (χ1v) is 5.43. The molecular formula is C12H24. The Bertz CT molecular complexity index is 111. The molecule has 0 heteroatoms. The van der Waals surface area contributed by atoms with Crippen LogP contribution in [0.4, 0.5) is 0 Å². The highest BCUT2D eigenvalue weighted by molar-refractivity contribution is 4.94. The summed E-state index contributed by atoms with van der Waals surface area (Å²) in [6.07, 6.45) is 12.0. The average Bonchev–Trinajstić information content (AvgIpc) is 2.10. The van der Waals surface area contributed by atoms with Gasteiger partial charge >= 0.3 is 0 Å². The quantitative estimate of drug-likeness (QED) is 0.382. The summed E-state index contributed by atoms with van der Waals surface area (Å²) in [7, 11) is 0. The van der Waals surface area contributed by atoms with Gasteiger partial charge < -0.3 is 0 Å². The third-order valence-electron chi connectivity index (χ3n) is 2.42. The molecule has 0 heterocycles. The number of rotatable bonds is 7. The summed E-state index contributed by atoms with van der Waals surface area (Å²) in [6, 6.07) is 0. The van der Waals surface area contributed by atoms with Crippen molar-refractivity contribution in [1.29, 1.82) is 0 Å². The van der Waals surface area contributed by atoms with Gasteiger partial charge in [0.25, 0.3) is 0 Å². The van der Waals surface area contributed by atoms with Gasteiger partial charge in [0.15, 0.2) is 0 Å².